The number of benzene rings is 4. The summed E-state index contributed by atoms with van der Waals surface area (Å²) >= 11 is 0. The molecule has 0 bridgehead atoms. The molecule has 4 nitrogen and oxygen atoms in total. The second-order valence-electron chi connectivity index (χ2n) is 11.8. The van der Waals surface area contributed by atoms with E-state index in [9.17, 15) is 0 Å². The highest BCUT2D eigenvalue weighted by molar-refractivity contribution is 7.73. The normalized spacial score (nSPS) is 11.3. The van der Waals surface area contributed by atoms with E-state index in [1.54, 1.807) is 0 Å². The lowest BCUT2D eigenvalue weighted by molar-refractivity contribution is 0.712. The molecule has 4 aromatic carbocycles. The summed E-state index contributed by atoms with van der Waals surface area (Å²) in [6.45, 7) is 3.49. The van der Waals surface area contributed by atoms with Crippen LogP contribution >= 0.6 is 15.8 Å². The summed E-state index contributed by atoms with van der Waals surface area (Å²) in [4.78, 5) is 9.50. The molecule has 0 aliphatic heterocycles. The van der Waals surface area contributed by atoms with Crippen molar-refractivity contribution in [2.24, 2.45) is 0 Å². The highest BCUT2D eigenvalue weighted by Gasteiger charge is 2.14. The van der Waals surface area contributed by atoms with Crippen molar-refractivity contribution < 1.29 is 0 Å². The van der Waals surface area contributed by atoms with Crippen LogP contribution in [-0.2, 0) is 25.9 Å². The molecule has 242 valence electrons. The molecule has 0 saturated heterocycles. The molecule has 6 heteroatoms. The Bertz CT molecular complexity index is 1540. The van der Waals surface area contributed by atoms with Crippen molar-refractivity contribution in [3.05, 3.63) is 181 Å². The van der Waals surface area contributed by atoms with E-state index in [1.807, 2.05) is 12.4 Å². The zero-order valence-electron chi connectivity index (χ0n) is 27.5. The van der Waals surface area contributed by atoms with Crippen molar-refractivity contribution in [3.63, 3.8) is 0 Å². The molecule has 0 unspecified atom stereocenters. The van der Waals surface area contributed by atoms with E-state index in [-0.39, 0.29) is 15.8 Å². The van der Waals surface area contributed by atoms with Gasteiger partial charge in [0.2, 0.25) is 0 Å². The first-order chi connectivity index (χ1) is 23.8. The van der Waals surface area contributed by atoms with Gasteiger partial charge < -0.3 is 10.6 Å². The van der Waals surface area contributed by atoms with Crippen LogP contribution in [0.1, 0.15) is 22.5 Å². The van der Waals surface area contributed by atoms with E-state index < -0.39 is 0 Å². The van der Waals surface area contributed by atoms with Crippen LogP contribution in [0, 0.1) is 0 Å². The molecule has 2 heterocycles. The fourth-order valence-corrected chi connectivity index (χ4v) is 10.3. The molecule has 0 atom stereocenters. The SMILES string of the molecule is c1ccc(P(CCNCc2ccc(CCc3ccc(CNCCP(c4ccccc4)c4ccccc4)nc3)cn2)c2ccccc2)cc1. The predicted molar refractivity (Wildman–Crippen MR) is 207 cm³/mol. The van der Waals surface area contributed by atoms with E-state index in [0.29, 0.717) is 0 Å². The van der Waals surface area contributed by atoms with Crippen LogP contribution in [-0.4, -0.2) is 35.4 Å². The number of rotatable bonds is 17. The Hall–Kier alpha value is -4.04. The Labute approximate surface area is 288 Å². The monoisotopic (exact) mass is 666 g/mol. The average Bonchev–Trinajstić information content (AvgIpc) is 3.16. The second kappa shape index (κ2) is 18.5. The minimum Gasteiger partial charge on any atom is -0.311 e. The third kappa shape index (κ3) is 10.2. The van der Waals surface area contributed by atoms with Gasteiger partial charge in [-0.1, -0.05) is 133 Å². The van der Waals surface area contributed by atoms with Gasteiger partial charge in [0.15, 0.2) is 0 Å². The van der Waals surface area contributed by atoms with Crippen LogP contribution < -0.4 is 31.9 Å². The Morgan fingerprint density at radius 1 is 0.396 bits per heavy atom. The van der Waals surface area contributed by atoms with Gasteiger partial charge in [-0.3, -0.25) is 9.97 Å². The molecule has 0 spiro atoms. The first-order valence-electron chi connectivity index (χ1n) is 16.9. The minimum absolute atomic E-state index is 0.380. The molecule has 0 radical (unpaired) electrons. The number of nitrogens with one attached hydrogen (secondary N) is 2. The molecule has 0 aliphatic rings. The Balaban J connectivity index is 0.911. The number of hydrogen-bond donors (Lipinski definition) is 2. The highest BCUT2D eigenvalue weighted by atomic mass is 31.1. The average molecular weight is 667 g/mol. The molecule has 0 fully saturated rings. The summed E-state index contributed by atoms with van der Waals surface area (Å²) in [5.74, 6) is 0. The number of aryl methyl sites for hydroxylation is 2. The van der Waals surface area contributed by atoms with Crippen LogP contribution in [0.5, 0.6) is 0 Å². The summed E-state index contributed by atoms with van der Waals surface area (Å²) in [5, 5.41) is 13.0. The second-order valence-corrected chi connectivity index (χ2v) is 16.5. The molecule has 6 aromatic rings. The summed E-state index contributed by atoms with van der Waals surface area (Å²) in [6.07, 6.45) is 8.19. The fraction of sp³-hybridized carbons (Fsp3) is 0.190. The van der Waals surface area contributed by atoms with Gasteiger partial charge in [0, 0.05) is 38.6 Å². The third-order valence-electron chi connectivity index (χ3n) is 8.38. The lowest BCUT2D eigenvalue weighted by atomic mass is 10.1. The quantitative estimate of drug-likeness (QED) is 0.0840. The van der Waals surface area contributed by atoms with Gasteiger partial charge in [-0.25, -0.2) is 0 Å². The van der Waals surface area contributed by atoms with Gasteiger partial charge in [-0.2, -0.15) is 0 Å². The van der Waals surface area contributed by atoms with Gasteiger partial charge in [0.25, 0.3) is 0 Å². The molecular weight excluding hydrogens is 622 g/mol. The van der Waals surface area contributed by atoms with Gasteiger partial charge in [0.05, 0.1) is 11.4 Å². The van der Waals surface area contributed by atoms with Crippen molar-refractivity contribution in [1.29, 1.82) is 0 Å². The fourth-order valence-electron chi connectivity index (χ4n) is 5.76. The van der Waals surface area contributed by atoms with E-state index in [4.69, 9.17) is 9.97 Å². The van der Waals surface area contributed by atoms with Crippen LogP contribution in [0.3, 0.4) is 0 Å². The maximum absolute atomic E-state index is 4.75. The first kappa shape index (κ1) is 33.8. The Kier molecular flexibility index (Phi) is 13.0. The lowest BCUT2D eigenvalue weighted by Crippen LogP contribution is -2.23. The first-order valence-corrected chi connectivity index (χ1v) is 19.9. The Morgan fingerprint density at radius 2 is 0.729 bits per heavy atom. The zero-order valence-corrected chi connectivity index (χ0v) is 29.2. The van der Waals surface area contributed by atoms with Gasteiger partial charge in [-0.05, 0) is 85.5 Å². The number of hydrogen-bond acceptors (Lipinski definition) is 4. The molecule has 2 N–H and O–H groups in total. The molecule has 2 aromatic heterocycles. The van der Waals surface area contributed by atoms with Crippen molar-refractivity contribution in [2.45, 2.75) is 25.9 Å². The summed E-state index contributed by atoms with van der Waals surface area (Å²) in [6, 6.07) is 52.4. The number of pyridine rings is 2. The van der Waals surface area contributed by atoms with Crippen LogP contribution in [0.25, 0.3) is 0 Å². The van der Waals surface area contributed by atoms with Crippen molar-refractivity contribution in [2.75, 3.05) is 25.4 Å². The van der Waals surface area contributed by atoms with E-state index in [1.165, 1.54) is 32.3 Å². The molecule has 6 rings (SSSR count). The minimum atomic E-state index is -0.380. The number of nitrogens with zero attached hydrogens (tertiary/aromatic N) is 2. The highest BCUT2D eigenvalue weighted by Crippen LogP contribution is 2.33. The van der Waals surface area contributed by atoms with Crippen molar-refractivity contribution >= 4 is 37.1 Å². The van der Waals surface area contributed by atoms with Crippen LogP contribution in [0.15, 0.2) is 158 Å². The van der Waals surface area contributed by atoms with E-state index in [2.05, 4.69) is 156 Å². The molecular formula is C42H44N4P2. The maximum atomic E-state index is 4.75. The molecule has 0 saturated carbocycles. The summed E-state index contributed by atoms with van der Waals surface area (Å²) in [7, 11) is -0.760. The third-order valence-corrected chi connectivity index (χ3v) is 13.4. The topological polar surface area (TPSA) is 49.8 Å². The smallest absolute Gasteiger partial charge is 0.0541 e. The van der Waals surface area contributed by atoms with Gasteiger partial charge >= 0.3 is 0 Å². The molecule has 0 aliphatic carbocycles. The van der Waals surface area contributed by atoms with Crippen molar-refractivity contribution in [3.8, 4) is 0 Å². The standard InChI is InChI=1S/C42H44N4P2/c1-5-13-39(14-6-1)47(40-15-7-2-8-16-40)29-27-43-33-37-25-23-35(31-45-37)21-22-36-24-26-38(46-32-36)34-44-28-30-48(41-17-9-3-10-18-41)42-19-11-4-12-20-42/h1-20,23-26,31-32,43-44H,21-22,27-30,33-34H2. The largest absolute Gasteiger partial charge is 0.311 e. The van der Waals surface area contributed by atoms with Gasteiger partial charge in [0.1, 0.15) is 0 Å². The molecule has 0 amide bonds. The lowest BCUT2D eigenvalue weighted by Gasteiger charge is -2.19. The van der Waals surface area contributed by atoms with Crippen LogP contribution in [0.4, 0.5) is 0 Å². The maximum Gasteiger partial charge on any atom is 0.0541 e. The molecule has 48 heavy (non-hydrogen) atoms. The van der Waals surface area contributed by atoms with Crippen molar-refractivity contribution in [1.82, 2.24) is 20.6 Å². The zero-order chi connectivity index (χ0) is 32.6. The van der Waals surface area contributed by atoms with Crippen LogP contribution in [0.2, 0.25) is 0 Å². The summed E-state index contributed by atoms with van der Waals surface area (Å²) < 4.78 is 0. The Morgan fingerprint density at radius 3 is 1.02 bits per heavy atom. The van der Waals surface area contributed by atoms with Gasteiger partial charge in [-0.15, -0.1) is 0 Å². The van der Waals surface area contributed by atoms with E-state index in [0.717, 1.165) is 62.7 Å². The van der Waals surface area contributed by atoms with E-state index >= 15 is 0 Å². The summed E-state index contributed by atoms with van der Waals surface area (Å²) in [5.41, 5.74) is 4.69. The number of aromatic nitrogens is 2. The predicted octanol–water partition coefficient (Wildman–Crippen LogP) is 6.71.